The van der Waals surface area contributed by atoms with E-state index in [0.717, 1.165) is 32.1 Å². The van der Waals surface area contributed by atoms with E-state index in [9.17, 15) is 14.4 Å². The van der Waals surface area contributed by atoms with Gasteiger partial charge in [-0.3, -0.25) is 24.3 Å². The largest absolute Gasteiger partial charge is 0.469 e. The number of hydrogen-bond acceptors (Lipinski definition) is 7. The summed E-state index contributed by atoms with van der Waals surface area (Å²) in [5.74, 6) is 0.720. The minimum atomic E-state index is -0.216. The van der Waals surface area contributed by atoms with Gasteiger partial charge in [0.05, 0.1) is 44.7 Å². The third kappa shape index (κ3) is 5.18. The minimum absolute atomic E-state index is 0.0438. The molecule has 0 aromatic rings. The fraction of sp³-hybridized carbons (Fsp3) is 0.810. The zero-order valence-electron chi connectivity index (χ0n) is 17.7. The van der Waals surface area contributed by atoms with Gasteiger partial charge in [0.1, 0.15) is 5.84 Å². The van der Waals surface area contributed by atoms with Gasteiger partial charge in [0.25, 0.3) is 0 Å². The number of methoxy groups -OCH3 is 1. The highest BCUT2D eigenvalue weighted by atomic mass is 16.5. The Morgan fingerprint density at radius 3 is 2.70 bits per heavy atom. The Labute approximate surface area is 177 Å². The van der Waals surface area contributed by atoms with Crippen molar-refractivity contribution < 1.29 is 23.9 Å². The predicted octanol–water partition coefficient (Wildman–Crippen LogP) is 0.0434. The minimum Gasteiger partial charge on any atom is -0.469 e. The van der Waals surface area contributed by atoms with Gasteiger partial charge in [-0.05, 0) is 51.1 Å². The van der Waals surface area contributed by atoms with E-state index in [2.05, 4.69) is 10.2 Å². The Morgan fingerprint density at radius 1 is 1.23 bits per heavy atom. The zero-order valence-corrected chi connectivity index (χ0v) is 17.7. The SMILES string of the molecule is COC(=O)C1CCN(CC(=O)N(CC2=NC3CCOCC3C(=O)N2)CC2CC2)CC1. The number of rotatable bonds is 7. The molecule has 0 spiro atoms. The number of amides is 2. The maximum atomic E-state index is 13.1. The molecule has 0 bridgehead atoms. The molecule has 9 nitrogen and oxygen atoms in total. The average Bonchev–Trinajstić information content (AvgIpc) is 3.57. The van der Waals surface area contributed by atoms with Crippen molar-refractivity contribution >= 4 is 23.6 Å². The number of esters is 1. The van der Waals surface area contributed by atoms with Crippen LogP contribution in [0.3, 0.4) is 0 Å². The number of fused-ring (bicyclic) bond motifs is 1. The highest BCUT2D eigenvalue weighted by Crippen LogP contribution is 2.30. The first-order valence-electron chi connectivity index (χ1n) is 11.1. The molecule has 3 aliphatic heterocycles. The lowest BCUT2D eigenvalue weighted by Crippen LogP contribution is -2.54. The predicted molar refractivity (Wildman–Crippen MR) is 109 cm³/mol. The van der Waals surface area contributed by atoms with Crippen LogP contribution in [0.25, 0.3) is 0 Å². The van der Waals surface area contributed by atoms with Crippen molar-refractivity contribution in [1.82, 2.24) is 15.1 Å². The van der Waals surface area contributed by atoms with E-state index >= 15 is 0 Å². The van der Waals surface area contributed by atoms with Crippen LogP contribution in [-0.4, -0.2) is 92.5 Å². The van der Waals surface area contributed by atoms with Crippen molar-refractivity contribution in [2.75, 3.05) is 53.0 Å². The van der Waals surface area contributed by atoms with Crippen LogP contribution in [0.5, 0.6) is 0 Å². The molecular weight excluding hydrogens is 388 g/mol. The third-order valence-corrected chi connectivity index (χ3v) is 6.60. The molecule has 4 aliphatic rings. The van der Waals surface area contributed by atoms with Gasteiger partial charge in [-0.2, -0.15) is 0 Å². The molecule has 0 radical (unpaired) electrons. The zero-order chi connectivity index (χ0) is 21.1. The van der Waals surface area contributed by atoms with Gasteiger partial charge in [0, 0.05) is 13.2 Å². The van der Waals surface area contributed by atoms with Crippen LogP contribution in [-0.2, 0) is 23.9 Å². The van der Waals surface area contributed by atoms with Crippen LogP contribution in [0.15, 0.2) is 4.99 Å². The summed E-state index contributed by atoms with van der Waals surface area (Å²) in [4.78, 5) is 45.9. The number of nitrogens with one attached hydrogen (secondary N) is 1. The van der Waals surface area contributed by atoms with E-state index in [1.807, 2.05) is 4.90 Å². The Balaban J connectivity index is 1.34. The van der Waals surface area contributed by atoms with Crippen molar-refractivity contribution in [3.8, 4) is 0 Å². The van der Waals surface area contributed by atoms with Crippen LogP contribution in [0.2, 0.25) is 0 Å². The van der Waals surface area contributed by atoms with E-state index in [0.29, 0.717) is 57.7 Å². The molecule has 2 saturated heterocycles. The second-order valence-corrected chi connectivity index (χ2v) is 8.89. The molecule has 3 fully saturated rings. The van der Waals surface area contributed by atoms with Gasteiger partial charge in [-0.25, -0.2) is 0 Å². The number of piperidine rings is 1. The van der Waals surface area contributed by atoms with Crippen LogP contribution in [0, 0.1) is 17.8 Å². The molecule has 2 unspecified atom stereocenters. The van der Waals surface area contributed by atoms with Gasteiger partial charge in [-0.1, -0.05) is 0 Å². The van der Waals surface area contributed by atoms with Crippen molar-refractivity contribution in [2.24, 2.45) is 22.7 Å². The van der Waals surface area contributed by atoms with Crippen LogP contribution >= 0.6 is 0 Å². The fourth-order valence-corrected chi connectivity index (χ4v) is 4.51. The molecule has 0 aromatic heterocycles. The van der Waals surface area contributed by atoms with Crippen LogP contribution in [0.4, 0.5) is 0 Å². The molecule has 30 heavy (non-hydrogen) atoms. The van der Waals surface area contributed by atoms with Crippen molar-refractivity contribution in [1.29, 1.82) is 0 Å². The monoisotopic (exact) mass is 420 g/mol. The fourth-order valence-electron chi connectivity index (χ4n) is 4.51. The molecule has 1 aliphatic carbocycles. The summed E-state index contributed by atoms with van der Waals surface area (Å²) in [5.41, 5.74) is 0. The molecule has 166 valence electrons. The van der Waals surface area contributed by atoms with Gasteiger partial charge in [-0.15, -0.1) is 0 Å². The lowest BCUT2D eigenvalue weighted by Gasteiger charge is -2.35. The number of amidine groups is 1. The summed E-state index contributed by atoms with van der Waals surface area (Å²) < 4.78 is 10.2. The molecule has 2 amide bonds. The molecule has 1 N–H and O–H groups in total. The second kappa shape index (κ2) is 9.43. The number of ether oxygens (including phenoxy) is 2. The third-order valence-electron chi connectivity index (χ3n) is 6.60. The highest BCUT2D eigenvalue weighted by molar-refractivity contribution is 6.03. The molecule has 1 saturated carbocycles. The maximum absolute atomic E-state index is 13.1. The standard InChI is InChI=1S/C21H32N4O5/c1-29-21(28)15-4-7-24(8-5-15)12-19(26)25(10-14-2-3-14)11-18-22-17-6-9-30-13-16(17)20(27)23-18/h14-17H,2-13H2,1H3,(H,22,23,27). The number of carbonyl (C=O) groups is 3. The lowest BCUT2D eigenvalue weighted by molar-refractivity contribution is -0.147. The number of likely N-dealkylation sites (tertiary alicyclic amines) is 1. The van der Waals surface area contributed by atoms with Crippen molar-refractivity contribution in [2.45, 2.75) is 38.1 Å². The van der Waals surface area contributed by atoms with E-state index in [4.69, 9.17) is 14.5 Å². The normalized spacial score (nSPS) is 27.6. The Hall–Kier alpha value is -2.00. The topological polar surface area (TPSA) is 101 Å². The average molecular weight is 421 g/mol. The summed E-state index contributed by atoms with van der Waals surface area (Å²) in [6, 6.07) is -0.0438. The van der Waals surface area contributed by atoms with Gasteiger partial charge >= 0.3 is 5.97 Å². The lowest BCUT2D eigenvalue weighted by atomic mass is 9.94. The Bertz CT molecular complexity index is 700. The molecule has 0 aromatic carbocycles. The summed E-state index contributed by atoms with van der Waals surface area (Å²) in [5, 5.41) is 2.90. The Morgan fingerprint density at radius 2 is 2.00 bits per heavy atom. The van der Waals surface area contributed by atoms with Gasteiger partial charge in [0.15, 0.2) is 0 Å². The van der Waals surface area contributed by atoms with Gasteiger partial charge < -0.3 is 19.7 Å². The quantitative estimate of drug-likeness (QED) is 0.584. The van der Waals surface area contributed by atoms with Crippen molar-refractivity contribution in [3.63, 3.8) is 0 Å². The highest BCUT2D eigenvalue weighted by Gasteiger charge is 2.37. The molecule has 3 heterocycles. The van der Waals surface area contributed by atoms with Gasteiger partial charge in [0.2, 0.25) is 11.8 Å². The van der Waals surface area contributed by atoms with E-state index < -0.39 is 0 Å². The summed E-state index contributed by atoms with van der Waals surface area (Å²) in [7, 11) is 1.42. The van der Waals surface area contributed by atoms with Crippen molar-refractivity contribution in [3.05, 3.63) is 0 Å². The smallest absolute Gasteiger partial charge is 0.308 e. The maximum Gasteiger partial charge on any atom is 0.308 e. The number of aliphatic imine (C=N–C) groups is 1. The van der Waals surface area contributed by atoms with E-state index in [1.54, 1.807) is 0 Å². The second-order valence-electron chi connectivity index (χ2n) is 8.89. The van der Waals surface area contributed by atoms with E-state index in [1.165, 1.54) is 7.11 Å². The molecule has 9 heteroatoms. The molecular formula is C21H32N4O5. The number of hydrogen-bond donors (Lipinski definition) is 1. The first-order chi connectivity index (χ1) is 14.5. The summed E-state index contributed by atoms with van der Waals surface area (Å²) in [6.07, 6.45) is 4.48. The molecule has 2 atom stereocenters. The molecule has 4 rings (SSSR count). The first-order valence-corrected chi connectivity index (χ1v) is 11.1. The van der Waals surface area contributed by atoms with E-state index in [-0.39, 0.29) is 35.7 Å². The summed E-state index contributed by atoms with van der Waals surface area (Å²) >= 11 is 0. The first kappa shape index (κ1) is 21.2. The Kier molecular flexibility index (Phi) is 6.67. The number of nitrogens with zero attached hydrogens (tertiary/aromatic N) is 3. The van der Waals surface area contributed by atoms with Crippen LogP contribution < -0.4 is 5.32 Å². The van der Waals surface area contributed by atoms with Crippen LogP contribution in [0.1, 0.15) is 32.1 Å². The summed E-state index contributed by atoms with van der Waals surface area (Å²) in [6.45, 7) is 3.86. The number of carbonyl (C=O) groups excluding carboxylic acids is 3.